The van der Waals surface area contributed by atoms with E-state index in [9.17, 15) is 5.11 Å². The molecule has 10 heteroatoms. The van der Waals surface area contributed by atoms with Gasteiger partial charge in [-0.05, 0) is 48.6 Å². The SMILES string of the molecule is CC(C)(C)c1cc(N(N)N(c2nc3nc(n2)C(S)CCCCCCC3)N2CCCCCCCC2S)cc(C(C)(C)C)c1O. The molecular formula is C33H55N7OS2. The van der Waals surface area contributed by atoms with Gasteiger partial charge in [0.1, 0.15) is 17.4 Å². The highest BCUT2D eigenvalue weighted by Crippen LogP contribution is 2.42. The second-order valence-electron chi connectivity index (χ2n) is 14.5. The lowest BCUT2D eigenvalue weighted by Crippen LogP contribution is -2.60. The first kappa shape index (κ1) is 34.1. The normalized spacial score (nSPS) is 21.7. The van der Waals surface area contributed by atoms with Crippen LogP contribution in [0.5, 0.6) is 5.75 Å². The number of benzene rings is 1. The van der Waals surface area contributed by atoms with Crippen molar-refractivity contribution in [1.29, 1.82) is 0 Å². The van der Waals surface area contributed by atoms with Crippen LogP contribution in [0.1, 0.15) is 147 Å². The lowest BCUT2D eigenvalue weighted by Gasteiger charge is -2.43. The number of aryl methyl sites for hydroxylation is 1. The molecule has 43 heavy (non-hydrogen) atoms. The number of hydrogen-bond acceptors (Lipinski definition) is 10. The molecule has 0 amide bonds. The molecule has 2 atom stereocenters. The minimum atomic E-state index is -0.296. The van der Waals surface area contributed by atoms with E-state index in [1.807, 2.05) is 17.3 Å². The van der Waals surface area contributed by atoms with E-state index >= 15 is 0 Å². The minimum Gasteiger partial charge on any atom is -0.507 e. The summed E-state index contributed by atoms with van der Waals surface area (Å²) in [5.41, 5.74) is 1.87. The molecule has 0 aliphatic carbocycles. The number of nitrogens with zero attached hydrogens (tertiary/aromatic N) is 6. The van der Waals surface area contributed by atoms with Gasteiger partial charge in [-0.3, -0.25) is 0 Å². The summed E-state index contributed by atoms with van der Waals surface area (Å²) in [4.78, 5) is 15.0. The second kappa shape index (κ2) is 14.6. The number of anilines is 2. The molecule has 1 fully saturated rings. The zero-order chi connectivity index (χ0) is 31.4. The van der Waals surface area contributed by atoms with E-state index in [0.29, 0.717) is 17.5 Å². The first-order valence-corrected chi connectivity index (χ1v) is 17.4. The zero-order valence-corrected chi connectivity index (χ0v) is 29.1. The molecule has 240 valence electrons. The summed E-state index contributed by atoms with van der Waals surface area (Å²) in [5, 5.41) is 17.1. The Kier molecular flexibility index (Phi) is 11.6. The van der Waals surface area contributed by atoms with Gasteiger partial charge in [-0.25, -0.2) is 15.9 Å². The third-order valence-corrected chi connectivity index (χ3v) is 9.67. The highest BCUT2D eigenvalue weighted by Gasteiger charge is 2.33. The Bertz CT molecular complexity index is 1180. The molecule has 0 spiro atoms. The lowest BCUT2D eigenvalue weighted by atomic mass is 9.79. The van der Waals surface area contributed by atoms with Crippen molar-refractivity contribution in [1.82, 2.24) is 20.0 Å². The average molecular weight is 630 g/mol. The van der Waals surface area contributed by atoms with Crippen molar-refractivity contribution in [3.8, 4) is 5.75 Å². The van der Waals surface area contributed by atoms with E-state index in [1.54, 1.807) is 5.12 Å². The highest BCUT2D eigenvalue weighted by atomic mass is 32.1. The third-order valence-electron chi connectivity index (χ3n) is 8.66. The molecule has 8 nitrogen and oxygen atoms in total. The topological polar surface area (TPSA) is 94.6 Å². The van der Waals surface area contributed by atoms with Crippen molar-refractivity contribution >= 4 is 36.9 Å². The molecule has 2 aliphatic heterocycles. The molecule has 2 bridgehead atoms. The van der Waals surface area contributed by atoms with Gasteiger partial charge in [0, 0.05) is 24.1 Å². The zero-order valence-electron chi connectivity index (χ0n) is 27.3. The van der Waals surface area contributed by atoms with Crippen LogP contribution in [0.3, 0.4) is 0 Å². The van der Waals surface area contributed by atoms with Crippen molar-refractivity contribution in [2.24, 2.45) is 5.84 Å². The van der Waals surface area contributed by atoms with Crippen LogP contribution in [0, 0.1) is 0 Å². The van der Waals surface area contributed by atoms with Crippen molar-refractivity contribution < 1.29 is 5.11 Å². The Hall–Kier alpha value is -1.75. The Morgan fingerprint density at radius 1 is 0.791 bits per heavy atom. The van der Waals surface area contributed by atoms with E-state index in [-0.39, 0.29) is 21.5 Å². The largest absolute Gasteiger partial charge is 0.507 e. The summed E-state index contributed by atoms with van der Waals surface area (Å²) in [7, 11) is 0. The minimum absolute atomic E-state index is 0.0667. The van der Waals surface area contributed by atoms with Crippen LogP contribution in [-0.2, 0) is 17.3 Å². The van der Waals surface area contributed by atoms with Gasteiger partial charge < -0.3 is 5.11 Å². The number of hydrogen-bond donors (Lipinski definition) is 4. The maximum absolute atomic E-state index is 11.4. The summed E-state index contributed by atoms with van der Waals surface area (Å²) in [5.74, 6) is 9.52. The molecule has 3 N–H and O–H groups in total. The summed E-state index contributed by atoms with van der Waals surface area (Å²) in [6, 6.07) is 4.02. The van der Waals surface area contributed by atoms with Crippen LogP contribution in [-0.4, -0.2) is 37.0 Å². The maximum atomic E-state index is 11.4. The molecule has 2 aromatic rings. The van der Waals surface area contributed by atoms with Gasteiger partial charge in [-0.1, -0.05) is 92.9 Å². The first-order valence-electron chi connectivity index (χ1n) is 16.4. The molecule has 1 aromatic heterocycles. The van der Waals surface area contributed by atoms with Crippen LogP contribution in [0.25, 0.3) is 0 Å². The molecule has 2 aliphatic rings. The molecule has 1 aromatic carbocycles. The van der Waals surface area contributed by atoms with Gasteiger partial charge in [0.2, 0.25) is 0 Å². The average Bonchev–Trinajstić information content (AvgIpc) is 3.01. The van der Waals surface area contributed by atoms with Crippen LogP contribution in [0.15, 0.2) is 12.1 Å². The predicted octanol–water partition coefficient (Wildman–Crippen LogP) is 7.97. The van der Waals surface area contributed by atoms with Gasteiger partial charge in [0.15, 0.2) is 0 Å². The molecule has 0 radical (unpaired) electrons. The lowest BCUT2D eigenvalue weighted by molar-refractivity contribution is 0.212. The van der Waals surface area contributed by atoms with E-state index < -0.39 is 0 Å². The molecule has 1 saturated heterocycles. The van der Waals surface area contributed by atoms with Crippen LogP contribution < -0.4 is 16.1 Å². The Morgan fingerprint density at radius 3 is 1.98 bits per heavy atom. The fourth-order valence-electron chi connectivity index (χ4n) is 6.04. The van der Waals surface area contributed by atoms with Gasteiger partial charge in [0.05, 0.1) is 16.3 Å². The van der Waals surface area contributed by atoms with Crippen LogP contribution in [0.4, 0.5) is 11.6 Å². The number of phenolic OH excluding ortho intramolecular Hbond substituents is 1. The van der Waals surface area contributed by atoms with Gasteiger partial charge in [-0.2, -0.15) is 45.4 Å². The molecule has 2 unspecified atom stereocenters. The van der Waals surface area contributed by atoms with E-state index in [0.717, 1.165) is 80.6 Å². The van der Waals surface area contributed by atoms with E-state index in [1.165, 1.54) is 32.1 Å². The van der Waals surface area contributed by atoms with Crippen LogP contribution >= 0.6 is 25.3 Å². The Balaban J connectivity index is 1.91. The fourth-order valence-corrected chi connectivity index (χ4v) is 6.74. The van der Waals surface area contributed by atoms with E-state index in [4.69, 9.17) is 46.1 Å². The fraction of sp³-hybridized carbons (Fsp3) is 0.727. The Morgan fingerprint density at radius 2 is 1.35 bits per heavy atom. The molecule has 0 saturated carbocycles. The quantitative estimate of drug-likeness (QED) is 0.154. The van der Waals surface area contributed by atoms with Gasteiger partial charge in [0.25, 0.3) is 5.95 Å². The number of aromatic hydroxyl groups is 1. The number of hydrazine groups is 3. The number of rotatable bonds is 4. The van der Waals surface area contributed by atoms with Crippen molar-refractivity contribution in [2.45, 2.75) is 146 Å². The maximum Gasteiger partial charge on any atom is 0.265 e. The predicted molar refractivity (Wildman–Crippen MR) is 185 cm³/mol. The highest BCUT2D eigenvalue weighted by molar-refractivity contribution is 7.80. The van der Waals surface area contributed by atoms with Crippen molar-refractivity contribution in [2.75, 3.05) is 16.8 Å². The summed E-state index contributed by atoms with van der Waals surface area (Å²) in [6.45, 7) is 13.5. The summed E-state index contributed by atoms with van der Waals surface area (Å²) >= 11 is 10.1. The van der Waals surface area contributed by atoms with Gasteiger partial charge in [-0.15, -0.1) is 0 Å². The third kappa shape index (κ3) is 8.70. The molecule has 3 heterocycles. The number of nitrogens with two attached hydrogens (primary N) is 1. The van der Waals surface area contributed by atoms with Crippen molar-refractivity contribution in [3.63, 3.8) is 0 Å². The number of phenols is 1. The van der Waals surface area contributed by atoms with E-state index in [2.05, 4.69) is 46.6 Å². The number of aromatic nitrogens is 3. The number of fused-ring (bicyclic) bond motifs is 2. The monoisotopic (exact) mass is 629 g/mol. The Labute approximate surface area is 271 Å². The smallest absolute Gasteiger partial charge is 0.265 e. The number of thiol groups is 2. The van der Waals surface area contributed by atoms with Crippen LogP contribution in [0.2, 0.25) is 0 Å². The summed E-state index contributed by atoms with van der Waals surface area (Å²) < 4.78 is 0. The molecule has 4 rings (SSSR count). The standard InChI is InChI=1S/C33H55N7OS2/c1-32(2,3)24-21-23(22-25(29(24)41)33(4,5)6)39(34)40(38-20-16-12-8-11-15-19-28(38)43)31-36-27-18-14-10-7-9-13-17-26(42)30(35-27)37-31/h21-22,26,28,41-43H,7-20,34H2,1-6H3. The molecular weight excluding hydrogens is 575 g/mol. The second-order valence-corrected chi connectivity index (χ2v) is 15.7. The van der Waals surface area contributed by atoms with Gasteiger partial charge >= 0.3 is 0 Å². The van der Waals surface area contributed by atoms with Crippen molar-refractivity contribution in [3.05, 3.63) is 34.9 Å². The first-order chi connectivity index (χ1) is 20.3. The summed E-state index contributed by atoms with van der Waals surface area (Å²) in [6.07, 6.45) is 14.1.